The van der Waals surface area contributed by atoms with Crippen LogP contribution in [0, 0.1) is 5.82 Å². The molecule has 0 radical (unpaired) electrons. The highest BCUT2D eigenvalue weighted by molar-refractivity contribution is 5.77. The minimum atomic E-state index is -0.279. The first-order chi connectivity index (χ1) is 9.63. The fraction of sp³-hybridized carbons (Fsp3) is 0.267. The summed E-state index contributed by atoms with van der Waals surface area (Å²) < 4.78 is 18.0. The van der Waals surface area contributed by atoms with Gasteiger partial charge in [-0.1, -0.05) is 12.1 Å². The maximum Gasteiger partial charge on any atom is 0.234 e. The molecule has 1 aromatic heterocycles. The molecule has 0 aliphatic rings. The molecule has 0 spiro atoms. The first-order valence-electron chi connectivity index (χ1n) is 6.35. The molecule has 106 valence electrons. The number of rotatable bonds is 6. The van der Waals surface area contributed by atoms with E-state index in [1.165, 1.54) is 12.1 Å². The lowest BCUT2D eigenvalue weighted by atomic mass is 10.2. The van der Waals surface area contributed by atoms with E-state index in [9.17, 15) is 9.18 Å². The second-order valence-electron chi connectivity index (χ2n) is 4.65. The van der Waals surface area contributed by atoms with E-state index in [1.807, 2.05) is 24.1 Å². The van der Waals surface area contributed by atoms with Crippen LogP contribution < -0.4 is 5.32 Å². The molecule has 0 aliphatic heterocycles. The molecule has 1 heterocycles. The van der Waals surface area contributed by atoms with Gasteiger partial charge in [0.25, 0.3) is 0 Å². The van der Waals surface area contributed by atoms with Crippen molar-refractivity contribution in [1.29, 1.82) is 0 Å². The van der Waals surface area contributed by atoms with Crippen molar-refractivity contribution in [3.8, 4) is 0 Å². The van der Waals surface area contributed by atoms with Gasteiger partial charge >= 0.3 is 0 Å². The lowest BCUT2D eigenvalue weighted by molar-refractivity contribution is -0.122. The van der Waals surface area contributed by atoms with Gasteiger partial charge in [0.15, 0.2) is 0 Å². The van der Waals surface area contributed by atoms with Crippen molar-refractivity contribution in [2.24, 2.45) is 0 Å². The number of nitrogens with zero attached hydrogens (tertiary/aromatic N) is 1. The number of carbonyl (C=O) groups is 1. The lowest BCUT2D eigenvalue weighted by Crippen LogP contribution is -2.34. The number of amides is 1. The van der Waals surface area contributed by atoms with Crippen molar-refractivity contribution in [2.45, 2.75) is 13.1 Å². The van der Waals surface area contributed by atoms with Crippen LogP contribution in [0.5, 0.6) is 0 Å². The molecule has 1 amide bonds. The van der Waals surface area contributed by atoms with Gasteiger partial charge in [-0.25, -0.2) is 4.39 Å². The Hall–Kier alpha value is -2.14. The molecule has 0 unspecified atom stereocenters. The molecule has 20 heavy (non-hydrogen) atoms. The van der Waals surface area contributed by atoms with Crippen molar-refractivity contribution in [3.63, 3.8) is 0 Å². The Bertz CT molecular complexity index is 538. The van der Waals surface area contributed by atoms with Crippen LogP contribution in [-0.2, 0) is 17.9 Å². The molecule has 4 nitrogen and oxygen atoms in total. The summed E-state index contributed by atoms with van der Waals surface area (Å²) in [5.74, 6) is 0.459. The maximum atomic E-state index is 12.7. The Balaban J connectivity index is 1.73. The molecular weight excluding hydrogens is 259 g/mol. The first-order valence-corrected chi connectivity index (χ1v) is 6.35. The maximum absolute atomic E-state index is 12.7. The molecule has 0 saturated heterocycles. The second kappa shape index (κ2) is 6.86. The number of benzene rings is 1. The highest BCUT2D eigenvalue weighted by Crippen LogP contribution is 2.04. The van der Waals surface area contributed by atoms with E-state index >= 15 is 0 Å². The number of hydrogen-bond acceptors (Lipinski definition) is 3. The zero-order valence-corrected chi connectivity index (χ0v) is 11.3. The van der Waals surface area contributed by atoms with Gasteiger partial charge in [0, 0.05) is 6.54 Å². The average molecular weight is 276 g/mol. The Labute approximate surface area is 117 Å². The van der Waals surface area contributed by atoms with Crippen LogP contribution in [0.2, 0.25) is 0 Å². The molecular formula is C15H17FN2O2. The third-order valence-corrected chi connectivity index (χ3v) is 2.82. The predicted octanol–water partition coefficient (Wildman–Crippen LogP) is 2.17. The van der Waals surface area contributed by atoms with Crippen molar-refractivity contribution in [3.05, 3.63) is 59.8 Å². The highest BCUT2D eigenvalue weighted by Gasteiger charge is 2.08. The van der Waals surface area contributed by atoms with Crippen molar-refractivity contribution in [1.82, 2.24) is 10.2 Å². The molecule has 2 rings (SSSR count). The van der Waals surface area contributed by atoms with Gasteiger partial charge in [0.05, 0.1) is 19.4 Å². The van der Waals surface area contributed by atoms with Gasteiger partial charge in [-0.15, -0.1) is 0 Å². The molecule has 1 aromatic carbocycles. The second-order valence-corrected chi connectivity index (χ2v) is 4.65. The van der Waals surface area contributed by atoms with Gasteiger partial charge in [-0.2, -0.15) is 0 Å². The van der Waals surface area contributed by atoms with E-state index in [-0.39, 0.29) is 18.3 Å². The molecule has 0 bridgehead atoms. The normalized spacial score (nSPS) is 10.8. The number of likely N-dealkylation sites (N-methyl/N-ethyl adjacent to an activating group) is 1. The van der Waals surface area contributed by atoms with Crippen molar-refractivity contribution < 1.29 is 13.6 Å². The molecule has 0 atom stereocenters. The fourth-order valence-electron chi connectivity index (χ4n) is 1.83. The SMILES string of the molecule is CN(CC(=O)NCc1ccc(F)cc1)Cc1ccco1. The summed E-state index contributed by atoms with van der Waals surface area (Å²) in [6.07, 6.45) is 1.61. The van der Waals surface area contributed by atoms with Crippen LogP contribution in [0.25, 0.3) is 0 Å². The summed E-state index contributed by atoms with van der Waals surface area (Å²) in [5.41, 5.74) is 0.869. The summed E-state index contributed by atoms with van der Waals surface area (Å²) in [6.45, 7) is 1.26. The van der Waals surface area contributed by atoms with E-state index in [0.29, 0.717) is 13.1 Å². The summed E-state index contributed by atoms with van der Waals surface area (Å²) >= 11 is 0. The van der Waals surface area contributed by atoms with Crippen molar-refractivity contribution >= 4 is 5.91 Å². The molecule has 5 heteroatoms. The summed E-state index contributed by atoms with van der Waals surface area (Å²) in [5, 5.41) is 2.80. The van der Waals surface area contributed by atoms with Crippen LogP contribution in [0.4, 0.5) is 4.39 Å². The first kappa shape index (κ1) is 14.3. The van der Waals surface area contributed by atoms with Crippen molar-refractivity contribution in [2.75, 3.05) is 13.6 Å². The number of nitrogens with one attached hydrogen (secondary N) is 1. The van der Waals surface area contributed by atoms with Gasteiger partial charge in [0.2, 0.25) is 5.91 Å². The smallest absolute Gasteiger partial charge is 0.234 e. The number of hydrogen-bond donors (Lipinski definition) is 1. The highest BCUT2D eigenvalue weighted by atomic mass is 19.1. The quantitative estimate of drug-likeness (QED) is 0.879. The Morgan fingerprint density at radius 1 is 1.30 bits per heavy atom. The Morgan fingerprint density at radius 2 is 2.05 bits per heavy atom. The Morgan fingerprint density at radius 3 is 2.70 bits per heavy atom. The van der Waals surface area contributed by atoms with Crippen LogP contribution >= 0.6 is 0 Å². The van der Waals surface area contributed by atoms with Gasteiger partial charge in [-0.3, -0.25) is 9.69 Å². The van der Waals surface area contributed by atoms with E-state index in [2.05, 4.69) is 5.32 Å². The molecule has 1 N–H and O–H groups in total. The molecule has 0 fully saturated rings. The average Bonchev–Trinajstić information content (AvgIpc) is 2.90. The summed E-state index contributed by atoms with van der Waals surface area (Å²) in [7, 11) is 1.85. The lowest BCUT2D eigenvalue weighted by Gasteiger charge is -2.14. The minimum Gasteiger partial charge on any atom is -0.468 e. The van der Waals surface area contributed by atoms with E-state index in [4.69, 9.17) is 4.42 Å². The van der Waals surface area contributed by atoms with Crippen LogP contribution in [-0.4, -0.2) is 24.4 Å². The Kier molecular flexibility index (Phi) is 4.90. The van der Waals surface area contributed by atoms with Crippen LogP contribution in [0.15, 0.2) is 47.1 Å². The van der Waals surface area contributed by atoms with E-state index in [0.717, 1.165) is 11.3 Å². The monoisotopic (exact) mass is 276 g/mol. The topological polar surface area (TPSA) is 45.5 Å². The third kappa shape index (κ3) is 4.51. The summed E-state index contributed by atoms with van der Waals surface area (Å²) in [6, 6.07) is 9.75. The molecule has 2 aromatic rings. The number of furan rings is 1. The standard InChI is InChI=1S/C15H17FN2O2/c1-18(10-14-3-2-8-20-14)11-15(19)17-9-12-4-6-13(16)7-5-12/h2-8H,9-11H2,1H3,(H,17,19). The predicted molar refractivity (Wildman–Crippen MR) is 73.3 cm³/mol. The van der Waals surface area contributed by atoms with Gasteiger partial charge < -0.3 is 9.73 Å². The minimum absolute atomic E-state index is 0.0802. The summed E-state index contributed by atoms with van der Waals surface area (Å²) in [4.78, 5) is 13.6. The van der Waals surface area contributed by atoms with Gasteiger partial charge in [-0.05, 0) is 36.9 Å². The largest absolute Gasteiger partial charge is 0.468 e. The van der Waals surface area contributed by atoms with E-state index < -0.39 is 0 Å². The number of halogens is 1. The van der Waals surface area contributed by atoms with Crippen LogP contribution in [0.1, 0.15) is 11.3 Å². The molecule has 0 aliphatic carbocycles. The molecule has 0 saturated carbocycles. The zero-order chi connectivity index (χ0) is 14.4. The van der Waals surface area contributed by atoms with E-state index in [1.54, 1.807) is 18.4 Å². The zero-order valence-electron chi connectivity index (χ0n) is 11.3. The third-order valence-electron chi connectivity index (χ3n) is 2.82. The number of carbonyl (C=O) groups excluding carboxylic acids is 1. The van der Waals surface area contributed by atoms with Crippen LogP contribution in [0.3, 0.4) is 0 Å². The fourth-order valence-corrected chi connectivity index (χ4v) is 1.83. The van der Waals surface area contributed by atoms with Gasteiger partial charge in [0.1, 0.15) is 11.6 Å².